The van der Waals surface area contributed by atoms with Gasteiger partial charge in [-0.05, 0) is 36.4 Å². The molecule has 0 unspecified atom stereocenters. The Morgan fingerprint density at radius 3 is 1.80 bits per heavy atom. The predicted molar refractivity (Wildman–Crippen MR) is 212 cm³/mol. The van der Waals surface area contributed by atoms with Crippen molar-refractivity contribution in [2.45, 2.75) is 0 Å². The van der Waals surface area contributed by atoms with Crippen LogP contribution in [0.5, 0.6) is 0 Å². The Balaban J connectivity index is 1.34. The molecule has 238 valence electrons. The van der Waals surface area contributed by atoms with E-state index in [1.165, 1.54) is 0 Å². The molecule has 0 spiro atoms. The largest absolute Gasteiger partial charge is 0.307 e. The van der Waals surface area contributed by atoms with Crippen molar-refractivity contribution in [1.29, 1.82) is 0 Å². The van der Waals surface area contributed by atoms with Gasteiger partial charge in [0.1, 0.15) is 0 Å². The van der Waals surface area contributed by atoms with E-state index in [4.69, 9.17) is 28.7 Å². The van der Waals surface area contributed by atoms with Crippen molar-refractivity contribution < 1.29 is 13.7 Å². The zero-order valence-corrected chi connectivity index (χ0v) is 27.3. The van der Waals surface area contributed by atoms with Crippen LogP contribution < -0.4 is 0 Å². The summed E-state index contributed by atoms with van der Waals surface area (Å²) in [5.41, 5.74) is 2.75. The lowest BCUT2D eigenvalue weighted by Gasteiger charge is -2.13. The van der Waals surface area contributed by atoms with Gasteiger partial charge in [-0.3, -0.25) is 4.57 Å². The van der Waals surface area contributed by atoms with Gasteiger partial charge >= 0.3 is 0 Å². The number of hydrogen-bond acceptors (Lipinski definition) is 4. The highest BCUT2D eigenvalue weighted by Gasteiger charge is 2.24. The average molecular weight is 680 g/mol. The number of aromatic nitrogens is 5. The third-order valence-corrected chi connectivity index (χ3v) is 10.6. The summed E-state index contributed by atoms with van der Waals surface area (Å²) in [6.45, 7) is 0. The summed E-state index contributed by atoms with van der Waals surface area (Å²) in [5.74, 6) is 0.133. The zero-order valence-electron chi connectivity index (χ0n) is 36.5. The van der Waals surface area contributed by atoms with Crippen molar-refractivity contribution in [2.24, 2.45) is 0 Å². The fourth-order valence-electron chi connectivity index (χ4n) is 7.28. The second kappa shape index (κ2) is 10.9. The van der Waals surface area contributed by atoms with Gasteiger partial charge < -0.3 is 4.57 Å². The van der Waals surface area contributed by atoms with E-state index in [1.54, 1.807) is 15.9 Å². The van der Waals surface area contributed by atoms with Crippen molar-refractivity contribution >= 4 is 75.1 Å². The molecule has 0 saturated heterocycles. The number of nitrogens with zero attached hydrogens (tertiary/aromatic N) is 5. The van der Waals surface area contributed by atoms with E-state index in [0.29, 0.717) is 27.6 Å². The summed E-state index contributed by atoms with van der Waals surface area (Å²) in [6, 6.07) is 28.1. The van der Waals surface area contributed by atoms with Crippen LogP contribution in [0.4, 0.5) is 0 Å². The third-order valence-electron chi connectivity index (χ3n) is 9.37. The van der Waals surface area contributed by atoms with Gasteiger partial charge in [-0.15, -0.1) is 11.3 Å². The number of rotatable bonds is 4. The summed E-state index contributed by atoms with van der Waals surface area (Å²) >= 11 is 1.57. The molecule has 5 nitrogen and oxygen atoms in total. The molecule has 0 fully saturated rings. The summed E-state index contributed by atoms with van der Waals surface area (Å²) < 4.78 is 92.8. The first-order chi connectivity index (χ1) is 29.5. The van der Waals surface area contributed by atoms with Crippen LogP contribution in [-0.2, 0) is 0 Å². The van der Waals surface area contributed by atoms with Gasteiger partial charge in [0, 0.05) is 58.5 Å². The Labute approximate surface area is 310 Å². The molecular formula is C45H27N5S. The molecule has 0 bridgehead atoms. The first-order valence-electron chi connectivity index (χ1n) is 21.2. The fourth-order valence-corrected chi connectivity index (χ4v) is 8.49. The Morgan fingerprint density at radius 2 is 1.06 bits per heavy atom. The molecule has 0 atom stereocenters. The van der Waals surface area contributed by atoms with Crippen LogP contribution in [0.1, 0.15) is 13.7 Å². The number of benzene rings is 7. The molecule has 11 rings (SSSR count). The standard InChI is InChI=1S/C45H27N5S/c1-3-14-28(15-4-1)43-46-44(36-22-13-21-35-32-20-9-12-25-39(32)51-42(35)36)48-45(47-43)50-38-24-11-8-19-31(38)34-27-26-33-30-18-7-10-23-37(30)49(40(33)41(34)50)29-16-5-2-6-17-29/h1-27H/i1D,2D,3D,4D,5D,6D,14D,15D,16D,17D. The van der Waals surface area contributed by atoms with Gasteiger partial charge in [-0.2, -0.15) is 9.97 Å². The van der Waals surface area contributed by atoms with Crippen LogP contribution in [0.3, 0.4) is 0 Å². The van der Waals surface area contributed by atoms with E-state index in [1.807, 2.05) is 108 Å². The lowest BCUT2D eigenvalue weighted by molar-refractivity contribution is 0.954. The average Bonchev–Trinajstić information content (AvgIpc) is 3.94. The molecule has 0 amide bonds. The Hall–Kier alpha value is -6.63. The van der Waals surface area contributed by atoms with Gasteiger partial charge in [0.05, 0.1) is 35.8 Å². The highest BCUT2D eigenvalue weighted by atomic mass is 32.1. The zero-order chi connectivity index (χ0) is 42.2. The maximum absolute atomic E-state index is 9.13. The normalized spacial score (nSPS) is 14.7. The lowest BCUT2D eigenvalue weighted by Crippen LogP contribution is -2.07. The van der Waals surface area contributed by atoms with Crippen molar-refractivity contribution in [2.75, 3.05) is 0 Å². The van der Waals surface area contributed by atoms with Gasteiger partial charge in [0.15, 0.2) is 11.6 Å². The summed E-state index contributed by atoms with van der Waals surface area (Å²) in [4.78, 5) is 15.1. The molecule has 6 heteroatoms. The highest BCUT2D eigenvalue weighted by molar-refractivity contribution is 7.26. The molecule has 0 N–H and O–H groups in total. The van der Waals surface area contributed by atoms with Gasteiger partial charge in [-0.1, -0.05) is 127 Å². The van der Waals surface area contributed by atoms with Crippen molar-refractivity contribution in [1.82, 2.24) is 24.1 Å². The molecule has 0 radical (unpaired) electrons. The van der Waals surface area contributed by atoms with Gasteiger partial charge in [-0.25, -0.2) is 4.98 Å². The third kappa shape index (κ3) is 4.17. The topological polar surface area (TPSA) is 48.5 Å². The van der Waals surface area contributed by atoms with Crippen molar-refractivity contribution in [3.63, 3.8) is 0 Å². The number of hydrogen-bond donors (Lipinski definition) is 0. The molecular weight excluding hydrogens is 643 g/mol. The quantitative estimate of drug-likeness (QED) is 0.186. The predicted octanol–water partition coefficient (Wildman–Crippen LogP) is 11.8. The fraction of sp³-hybridized carbons (Fsp3) is 0. The molecule has 7 aromatic carbocycles. The maximum atomic E-state index is 9.13. The summed E-state index contributed by atoms with van der Waals surface area (Å²) in [7, 11) is 0. The van der Waals surface area contributed by atoms with Crippen LogP contribution in [0.25, 0.3) is 98.2 Å². The van der Waals surface area contributed by atoms with E-state index in [2.05, 4.69) is 0 Å². The van der Waals surface area contributed by atoms with Crippen molar-refractivity contribution in [3.8, 4) is 34.4 Å². The van der Waals surface area contributed by atoms with Gasteiger partial charge in [0.2, 0.25) is 5.95 Å². The van der Waals surface area contributed by atoms with E-state index in [0.717, 1.165) is 41.7 Å². The minimum absolute atomic E-state index is 0.0332. The van der Waals surface area contributed by atoms with E-state index in [-0.39, 0.29) is 40.9 Å². The van der Waals surface area contributed by atoms with Crippen LogP contribution in [0, 0.1) is 0 Å². The van der Waals surface area contributed by atoms with Gasteiger partial charge in [0.25, 0.3) is 0 Å². The van der Waals surface area contributed by atoms with Crippen molar-refractivity contribution in [3.05, 3.63) is 164 Å². The van der Waals surface area contributed by atoms with E-state index >= 15 is 0 Å². The van der Waals surface area contributed by atoms with Crippen LogP contribution in [0.2, 0.25) is 0 Å². The van der Waals surface area contributed by atoms with E-state index < -0.39 is 48.3 Å². The van der Waals surface area contributed by atoms with E-state index in [9.17, 15) is 0 Å². The first-order valence-corrected chi connectivity index (χ1v) is 17.0. The highest BCUT2D eigenvalue weighted by Crippen LogP contribution is 2.43. The Morgan fingerprint density at radius 1 is 0.471 bits per heavy atom. The van der Waals surface area contributed by atoms with Crippen LogP contribution >= 0.6 is 11.3 Å². The molecule has 4 aromatic heterocycles. The Kier molecular flexibility index (Phi) is 4.32. The molecule has 0 aliphatic rings. The number of para-hydroxylation sites is 3. The minimum Gasteiger partial charge on any atom is -0.307 e. The smallest absolute Gasteiger partial charge is 0.238 e. The summed E-state index contributed by atoms with van der Waals surface area (Å²) in [5, 5.41) is 5.08. The number of fused-ring (bicyclic) bond motifs is 10. The van der Waals surface area contributed by atoms with Crippen LogP contribution in [0.15, 0.2) is 164 Å². The molecule has 0 aliphatic carbocycles. The van der Waals surface area contributed by atoms with Crippen LogP contribution in [-0.4, -0.2) is 24.1 Å². The SMILES string of the molecule is [2H]c1c([2H])c([2H])c(-c2nc(-c3cccc4c3sc3ccccc34)nc(-n3c4ccccc4c4ccc5c6ccccc6n(-c6c([2H])c([2H])c([2H])c([2H])c6[2H])c5c43)n2)c([2H])c1[2H]. The molecule has 51 heavy (non-hydrogen) atoms. The monoisotopic (exact) mass is 679 g/mol. The summed E-state index contributed by atoms with van der Waals surface area (Å²) in [6.07, 6.45) is 0. The minimum atomic E-state index is -0.548. The molecule has 0 aliphatic heterocycles. The second-order valence-electron chi connectivity index (χ2n) is 12.1. The molecule has 0 saturated carbocycles. The second-order valence-corrected chi connectivity index (χ2v) is 13.2. The first kappa shape index (κ1) is 20.1. The molecule has 4 heterocycles. The Bertz CT molecular complexity index is 3690. The molecule has 11 aromatic rings. The lowest BCUT2D eigenvalue weighted by atomic mass is 10.1. The number of thiophene rings is 1. The maximum Gasteiger partial charge on any atom is 0.238 e.